The van der Waals surface area contributed by atoms with E-state index in [1.807, 2.05) is 18.2 Å². The number of nitrogens with zero attached hydrogens (tertiary/aromatic N) is 1. The Morgan fingerprint density at radius 3 is 3.06 bits per heavy atom. The van der Waals surface area contributed by atoms with Crippen LogP contribution in [0.25, 0.3) is 0 Å². The van der Waals surface area contributed by atoms with Crippen LogP contribution in [0.3, 0.4) is 0 Å². The maximum absolute atomic E-state index is 11.6. The van der Waals surface area contributed by atoms with E-state index in [0.717, 1.165) is 17.2 Å². The van der Waals surface area contributed by atoms with Crippen LogP contribution in [-0.2, 0) is 9.53 Å². The summed E-state index contributed by atoms with van der Waals surface area (Å²) in [5.41, 5.74) is 0. The van der Waals surface area contributed by atoms with Crippen LogP contribution in [0.5, 0.6) is 0 Å². The molecule has 0 aromatic carbocycles. The number of hydrogen-bond acceptors (Lipinski definition) is 5. The van der Waals surface area contributed by atoms with Crippen LogP contribution in [-0.4, -0.2) is 35.9 Å². The number of hydrogen-bond donors (Lipinski definition) is 1. The minimum absolute atomic E-state index is 0.163. The Balaban J connectivity index is 1.76. The lowest BCUT2D eigenvalue weighted by Crippen LogP contribution is -2.39. The van der Waals surface area contributed by atoms with Gasteiger partial charge in [0.1, 0.15) is 6.04 Å². The van der Waals surface area contributed by atoms with Crippen molar-refractivity contribution >= 4 is 17.7 Å². The van der Waals surface area contributed by atoms with E-state index in [9.17, 15) is 4.79 Å². The summed E-state index contributed by atoms with van der Waals surface area (Å²) >= 11 is 1.67. The van der Waals surface area contributed by atoms with Crippen LogP contribution in [0.4, 0.5) is 0 Å². The third kappa shape index (κ3) is 4.31. The second-order valence-corrected chi connectivity index (χ2v) is 5.44. The molecular weight excluding hydrogens is 248 g/mol. The minimum atomic E-state index is -0.182. The van der Waals surface area contributed by atoms with Crippen LogP contribution >= 0.6 is 11.8 Å². The number of carbonyl (C=O) groups excluding carboxylic acids is 1. The molecule has 98 valence electrons. The number of aromatic nitrogens is 1. The molecule has 1 aliphatic rings. The molecule has 1 aliphatic carbocycles. The molecule has 1 N–H and O–H groups in total. The molecule has 1 fully saturated rings. The lowest BCUT2D eigenvalue weighted by Gasteiger charge is -2.15. The van der Waals surface area contributed by atoms with Crippen molar-refractivity contribution in [2.75, 3.05) is 12.9 Å². The Hall–Kier alpha value is -1.07. The third-order valence-corrected chi connectivity index (χ3v) is 3.77. The van der Waals surface area contributed by atoms with Gasteiger partial charge in [0.15, 0.2) is 0 Å². The standard InChI is InChI=1S/C13H18N2O2S/c1-17-13(16)11(15-10-5-6-10)7-9-18-12-4-2-3-8-14-12/h2-4,8,10-11,15H,5-7,9H2,1H3. The molecule has 1 aromatic heterocycles. The number of pyridine rings is 1. The zero-order valence-electron chi connectivity index (χ0n) is 10.5. The van der Waals surface area contributed by atoms with Gasteiger partial charge in [0, 0.05) is 18.0 Å². The largest absolute Gasteiger partial charge is 0.468 e. The van der Waals surface area contributed by atoms with Gasteiger partial charge in [-0.15, -0.1) is 11.8 Å². The number of thioether (sulfide) groups is 1. The van der Waals surface area contributed by atoms with Gasteiger partial charge in [0.2, 0.25) is 0 Å². The van der Waals surface area contributed by atoms with Crippen LogP contribution in [0.2, 0.25) is 0 Å². The fourth-order valence-corrected chi connectivity index (χ4v) is 2.53. The molecule has 0 saturated heterocycles. The molecule has 1 aromatic rings. The molecule has 0 bridgehead atoms. The normalized spacial score (nSPS) is 16.3. The lowest BCUT2D eigenvalue weighted by molar-refractivity contribution is -0.143. The van der Waals surface area contributed by atoms with Crippen molar-refractivity contribution in [1.29, 1.82) is 0 Å². The Bertz CT molecular complexity index is 382. The third-order valence-electron chi connectivity index (χ3n) is 2.79. The number of esters is 1. The summed E-state index contributed by atoms with van der Waals surface area (Å²) < 4.78 is 4.82. The van der Waals surface area contributed by atoms with Gasteiger partial charge >= 0.3 is 5.97 Å². The number of rotatable bonds is 7. The summed E-state index contributed by atoms with van der Waals surface area (Å²) in [7, 11) is 1.44. The molecule has 5 heteroatoms. The Morgan fingerprint density at radius 1 is 1.61 bits per heavy atom. The van der Waals surface area contributed by atoms with Crippen molar-refractivity contribution in [3.63, 3.8) is 0 Å². The van der Waals surface area contributed by atoms with Gasteiger partial charge in [-0.25, -0.2) is 4.98 Å². The molecule has 1 heterocycles. The molecule has 0 spiro atoms. The minimum Gasteiger partial charge on any atom is -0.468 e. The quantitative estimate of drug-likeness (QED) is 0.603. The maximum atomic E-state index is 11.6. The highest BCUT2D eigenvalue weighted by atomic mass is 32.2. The molecule has 1 unspecified atom stereocenters. The van der Waals surface area contributed by atoms with E-state index >= 15 is 0 Å². The van der Waals surface area contributed by atoms with E-state index in [1.165, 1.54) is 20.0 Å². The zero-order valence-corrected chi connectivity index (χ0v) is 11.3. The Kier molecular flexibility index (Phi) is 5.01. The highest BCUT2D eigenvalue weighted by Gasteiger charge is 2.28. The average molecular weight is 266 g/mol. The van der Waals surface area contributed by atoms with E-state index in [1.54, 1.807) is 18.0 Å². The molecule has 1 saturated carbocycles. The summed E-state index contributed by atoms with van der Waals surface area (Å²) in [5, 5.41) is 4.31. The first kappa shape index (κ1) is 13.4. The van der Waals surface area contributed by atoms with Crippen molar-refractivity contribution in [2.24, 2.45) is 0 Å². The first-order chi connectivity index (χ1) is 8.79. The highest BCUT2D eigenvalue weighted by molar-refractivity contribution is 7.99. The summed E-state index contributed by atoms with van der Waals surface area (Å²) in [5.74, 6) is 0.694. The van der Waals surface area contributed by atoms with Crippen LogP contribution in [0.1, 0.15) is 19.3 Å². The van der Waals surface area contributed by atoms with E-state index in [4.69, 9.17) is 4.74 Å². The van der Waals surface area contributed by atoms with Crippen molar-refractivity contribution in [2.45, 2.75) is 36.4 Å². The number of carbonyl (C=O) groups is 1. The van der Waals surface area contributed by atoms with Crippen molar-refractivity contribution in [1.82, 2.24) is 10.3 Å². The van der Waals surface area contributed by atoms with Gasteiger partial charge in [-0.3, -0.25) is 4.79 Å². The molecule has 0 aliphatic heterocycles. The van der Waals surface area contributed by atoms with Crippen LogP contribution in [0.15, 0.2) is 29.4 Å². The fraction of sp³-hybridized carbons (Fsp3) is 0.538. The average Bonchev–Trinajstić information content (AvgIpc) is 3.22. The number of nitrogens with one attached hydrogen (secondary N) is 1. The molecule has 0 amide bonds. The highest BCUT2D eigenvalue weighted by Crippen LogP contribution is 2.22. The molecular formula is C13H18N2O2S. The van der Waals surface area contributed by atoms with Crippen molar-refractivity contribution < 1.29 is 9.53 Å². The molecule has 4 nitrogen and oxygen atoms in total. The van der Waals surface area contributed by atoms with Gasteiger partial charge in [-0.05, 0) is 31.4 Å². The summed E-state index contributed by atoms with van der Waals surface area (Å²) in [6, 6.07) is 6.17. The molecule has 1 atom stereocenters. The van der Waals surface area contributed by atoms with E-state index in [2.05, 4.69) is 10.3 Å². The first-order valence-corrected chi connectivity index (χ1v) is 7.16. The fourth-order valence-electron chi connectivity index (χ4n) is 1.66. The van der Waals surface area contributed by atoms with Gasteiger partial charge in [0.25, 0.3) is 0 Å². The molecule has 2 rings (SSSR count). The first-order valence-electron chi connectivity index (χ1n) is 6.17. The molecule has 18 heavy (non-hydrogen) atoms. The second-order valence-electron chi connectivity index (χ2n) is 4.32. The van der Waals surface area contributed by atoms with Gasteiger partial charge in [0.05, 0.1) is 12.1 Å². The number of ether oxygens (including phenoxy) is 1. The smallest absolute Gasteiger partial charge is 0.322 e. The topological polar surface area (TPSA) is 51.2 Å². The van der Waals surface area contributed by atoms with Crippen LogP contribution < -0.4 is 5.32 Å². The van der Waals surface area contributed by atoms with Gasteiger partial charge in [-0.1, -0.05) is 6.07 Å². The SMILES string of the molecule is COC(=O)C(CCSc1ccccn1)NC1CC1. The Morgan fingerprint density at radius 2 is 2.44 bits per heavy atom. The van der Waals surface area contributed by atoms with E-state index < -0.39 is 0 Å². The van der Waals surface area contributed by atoms with Crippen molar-refractivity contribution in [3.8, 4) is 0 Å². The summed E-state index contributed by atoms with van der Waals surface area (Å²) in [6.45, 7) is 0. The molecule has 0 radical (unpaired) electrons. The lowest BCUT2D eigenvalue weighted by atomic mass is 10.2. The van der Waals surface area contributed by atoms with Crippen molar-refractivity contribution in [3.05, 3.63) is 24.4 Å². The second kappa shape index (κ2) is 6.75. The summed E-state index contributed by atoms with van der Waals surface area (Å²) in [6.07, 6.45) is 4.88. The maximum Gasteiger partial charge on any atom is 0.322 e. The van der Waals surface area contributed by atoms with E-state index in [-0.39, 0.29) is 12.0 Å². The van der Waals surface area contributed by atoms with E-state index in [0.29, 0.717) is 6.04 Å². The Labute approximate surface area is 112 Å². The van der Waals surface area contributed by atoms with Gasteiger partial charge in [-0.2, -0.15) is 0 Å². The monoisotopic (exact) mass is 266 g/mol. The zero-order chi connectivity index (χ0) is 12.8. The number of methoxy groups -OCH3 is 1. The predicted molar refractivity (Wildman–Crippen MR) is 71.5 cm³/mol. The summed E-state index contributed by atoms with van der Waals surface area (Å²) in [4.78, 5) is 15.8. The predicted octanol–water partition coefficient (Wildman–Crippen LogP) is 1.86. The van der Waals surface area contributed by atoms with Crippen LogP contribution in [0, 0.1) is 0 Å². The van der Waals surface area contributed by atoms with Gasteiger partial charge < -0.3 is 10.1 Å².